The van der Waals surface area contributed by atoms with Gasteiger partial charge in [-0.05, 0) is 48.9 Å². The number of fused-ring (bicyclic) bond motifs is 1. The van der Waals surface area contributed by atoms with Crippen LogP contribution in [-0.4, -0.2) is 21.7 Å². The van der Waals surface area contributed by atoms with Crippen molar-refractivity contribution < 1.29 is 9.59 Å². The molecule has 2 heterocycles. The van der Waals surface area contributed by atoms with Gasteiger partial charge >= 0.3 is 0 Å². The molecular formula is C25H26N4O2. The third-order valence-electron chi connectivity index (χ3n) is 6.36. The Kier molecular flexibility index (Phi) is 4.65. The minimum Gasteiger partial charge on any atom is -0.356 e. The number of carbonyl (C=O) groups excluding carboxylic acids is 2. The number of H-pyrrole nitrogens is 1. The molecule has 2 aliphatic rings. The number of para-hydroxylation sites is 1. The number of nitrogens with one attached hydrogen (secondary N) is 3. The van der Waals surface area contributed by atoms with Crippen LogP contribution in [-0.2, 0) is 11.2 Å². The molecule has 1 unspecified atom stereocenters. The van der Waals surface area contributed by atoms with E-state index >= 15 is 0 Å². The number of aromatic nitrogens is 2. The highest BCUT2D eigenvalue weighted by Crippen LogP contribution is 2.52. The summed E-state index contributed by atoms with van der Waals surface area (Å²) in [6.07, 6.45) is 4.84. The smallest absolute Gasteiger partial charge is 0.229 e. The maximum absolute atomic E-state index is 12.8. The molecule has 1 amide bonds. The third-order valence-corrected chi connectivity index (χ3v) is 6.36. The van der Waals surface area contributed by atoms with Crippen molar-refractivity contribution in [2.75, 3.05) is 10.6 Å². The monoisotopic (exact) mass is 414 g/mol. The SMILES string of the molecule is CC1(C)CC1C(=O)Nc1cc(-c2[nH]c3c(c2Nc2ccccc2)C(=O)CCC3)ccn1. The van der Waals surface area contributed by atoms with Crippen LogP contribution in [0.25, 0.3) is 11.3 Å². The molecule has 5 rings (SSSR count). The first-order valence-electron chi connectivity index (χ1n) is 10.8. The van der Waals surface area contributed by atoms with Crippen LogP contribution in [0.1, 0.15) is 49.2 Å². The second-order valence-corrected chi connectivity index (χ2v) is 9.16. The fourth-order valence-corrected chi connectivity index (χ4v) is 4.39. The zero-order chi connectivity index (χ0) is 21.6. The van der Waals surface area contributed by atoms with Crippen molar-refractivity contribution in [3.05, 3.63) is 59.9 Å². The van der Waals surface area contributed by atoms with E-state index in [1.54, 1.807) is 6.20 Å². The summed E-state index contributed by atoms with van der Waals surface area (Å²) in [7, 11) is 0. The maximum Gasteiger partial charge on any atom is 0.229 e. The van der Waals surface area contributed by atoms with Crippen LogP contribution < -0.4 is 10.6 Å². The van der Waals surface area contributed by atoms with Crippen molar-refractivity contribution in [3.63, 3.8) is 0 Å². The van der Waals surface area contributed by atoms with Crippen molar-refractivity contribution in [2.45, 2.75) is 39.5 Å². The average Bonchev–Trinajstić information content (AvgIpc) is 3.24. The average molecular weight is 415 g/mol. The highest BCUT2D eigenvalue weighted by atomic mass is 16.2. The van der Waals surface area contributed by atoms with Crippen LogP contribution in [0.2, 0.25) is 0 Å². The number of hydrogen-bond acceptors (Lipinski definition) is 4. The predicted octanol–water partition coefficient (Wildman–Crippen LogP) is 5.32. The molecule has 0 saturated heterocycles. The Bertz CT molecular complexity index is 1160. The summed E-state index contributed by atoms with van der Waals surface area (Å²) in [5.41, 5.74) is 5.20. The number of aryl methyl sites for hydroxylation is 1. The fourth-order valence-electron chi connectivity index (χ4n) is 4.39. The van der Waals surface area contributed by atoms with Crippen molar-refractivity contribution in [3.8, 4) is 11.3 Å². The first-order valence-corrected chi connectivity index (χ1v) is 10.8. The Balaban J connectivity index is 1.51. The van der Waals surface area contributed by atoms with E-state index in [0.717, 1.165) is 53.2 Å². The minimum absolute atomic E-state index is 0.0123. The van der Waals surface area contributed by atoms with E-state index in [-0.39, 0.29) is 23.0 Å². The second kappa shape index (κ2) is 7.38. The first kappa shape index (κ1) is 19.5. The van der Waals surface area contributed by atoms with Gasteiger partial charge in [-0.1, -0.05) is 32.0 Å². The molecule has 2 aliphatic carbocycles. The molecule has 0 bridgehead atoms. The molecule has 6 heteroatoms. The van der Waals surface area contributed by atoms with Gasteiger partial charge in [0.1, 0.15) is 5.82 Å². The highest BCUT2D eigenvalue weighted by Gasteiger charge is 2.50. The van der Waals surface area contributed by atoms with Gasteiger partial charge < -0.3 is 15.6 Å². The van der Waals surface area contributed by atoms with E-state index in [1.165, 1.54) is 0 Å². The lowest BCUT2D eigenvalue weighted by Gasteiger charge is -2.14. The zero-order valence-electron chi connectivity index (χ0n) is 17.8. The predicted molar refractivity (Wildman–Crippen MR) is 122 cm³/mol. The van der Waals surface area contributed by atoms with E-state index in [1.807, 2.05) is 42.5 Å². The number of rotatable bonds is 5. The number of aromatic amines is 1. The molecule has 0 radical (unpaired) electrons. The van der Waals surface area contributed by atoms with Crippen molar-refractivity contribution >= 4 is 28.9 Å². The molecule has 6 nitrogen and oxygen atoms in total. The van der Waals surface area contributed by atoms with Crippen LogP contribution in [0.15, 0.2) is 48.7 Å². The van der Waals surface area contributed by atoms with Crippen LogP contribution in [0.3, 0.4) is 0 Å². The van der Waals surface area contributed by atoms with Gasteiger partial charge in [-0.3, -0.25) is 9.59 Å². The molecule has 3 N–H and O–H groups in total. The van der Waals surface area contributed by atoms with Gasteiger partial charge in [-0.25, -0.2) is 4.98 Å². The lowest BCUT2D eigenvalue weighted by molar-refractivity contribution is -0.118. The molecule has 0 aliphatic heterocycles. The van der Waals surface area contributed by atoms with Crippen molar-refractivity contribution in [2.24, 2.45) is 11.3 Å². The second-order valence-electron chi connectivity index (χ2n) is 9.16. The van der Waals surface area contributed by atoms with Crippen molar-refractivity contribution in [1.29, 1.82) is 0 Å². The number of anilines is 3. The van der Waals surface area contributed by atoms with Gasteiger partial charge in [0, 0.05) is 35.5 Å². The molecule has 1 saturated carbocycles. The highest BCUT2D eigenvalue weighted by molar-refractivity contribution is 6.07. The molecule has 31 heavy (non-hydrogen) atoms. The molecule has 158 valence electrons. The van der Waals surface area contributed by atoms with E-state index in [4.69, 9.17) is 0 Å². The Labute approximate surface area is 181 Å². The van der Waals surface area contributed by atoms with Crippen LogP contribution in [0, 0.1) is 11.3 Å². The van der Waals surface area contributed by atoms with Gasteiger partial charge in [0.05, 0.1) is 16.9 Å². The van der Waals surface area contributed by atoms with Crippen molar-refractivity contribution in [1.82, 2.24) is 9.97 Å². The lowest BCUT2D eigenvalue weighted by Crippen LogP contribution is -2.17. The first-order chi connectivity index (χ1) is 14.9. The van der Waals surface area contributed by atoms with E-state index in [9.17, 15) is 9.59 Å². The Morgan fingerprint density at radius 2 is 1.94 bits per heavy atom. The number of pyridine rings is 1. The standard InChI is InChI=1S/C25H26N4O2/c1-25(2)14-17(25)24(31)29-20-13-15(11-12-26-20)22-23(27-16-7-4-3-5-8-16)21-18(28-22)9-6-10-19(21)30/h3-5,7-8,11-13,17,27-28H,6,9-10,14H2,1-2H3,(H,26,29,31). The summed E-state index contributed by atoms with van der Waals surface area (Å²) >= 11 is 0. The lowest BCUT2D eigenvalue weighted by atomic mass is 9.95. The Morgan fingerprint density at radius 3 is 2.68 bits per heavy atom. The summed E-state index contributed by atoms with van der Waals surface area (Å²) < 4.78 is 0. The molecule has 3 aromatic rings. The van der Waals surface area contributed by atoms with E-state index in [2.05, 4.69) is 34.4 Å². The molecule has 0 spiro atoms. The number of ketones is 1. The van der Waals surface area contributed by atoms with E-state index in [0.29, 0.717) is 12.2 Å². The molecule has 1 atom stereocenters. The normalized spacial score (nSPS) is 18.9. The van der Waals surface area contributed by atoms with Gasteiger partial charge in [0.15, 0.2) is 5.78 Å². The van der Waals surface area contributed by atoms with Gasteiger partial charge in [-0.2, -0.15) is 0 Å². The number of benzene rings is 1. The molecular weight excluding hydrogens is 388 g/mol. The number of carbonyl (C=O) groups is 2. The summed E-state index contributed by atoms with van der Waals surface area (Å²) in [4.78, 5) is 33.1. The van der Waals surface area contributed by atoms with Gasteiger partial charge in [-0.15, -0.1) is 0 Å². The minimum atomic E-state index is 0.0123. The van der Waals surface area contributed by atoms with Crippen LogP contribution in [0.5, 0.6) is 0 Å². The summed E-state index contributed by atoms with van der Waals surface area (Å²) in [5, 5.41) is 6.41. The molecule has 1 aromatic carbocycles. The summed E-state index contributed by atoms with van der Waals surface area (Å²) in [5.74, 6) is 0.720. The number of Topliss-reactive ketones (excluding diaryl/α,β-unsaturated/α-hetero) is 1. The van der Waals surface area contributed by atoms with Gasteiger partial charge in [0.25, 0.3) is 0 Å². The largest absolute Gasteiger partial charge is 0.356 e. The zero-order valence-corrected chi connectivity index (χ0v) is 17.8. The van der Waals surface area contributed by atoms with E-state index < -0.39 is 0 Å². The topological polar surface area (TPSA) is 86.9 Å². The Morgan fingerprint density at radius 1 is 1.16 bits per heavy atom. The number of amides is 1. The van der Waals surface area contributed by atoms with Crippen LogP contribution in [0.4, 0.5) is 17.2 Å². The number of nitrogens with zero attached hydrogens (tertiary/aromatic N) is 1. The number of hydrogen-bond donors (Lipinski definition) is 3. The van der Waals surface area contributed by atoms with Gasteiger partial charge in [0.2, 0.25) is 5.91 Å². The quantitative estimate of drug-likeness (QED) is 0.527. The molecule has 1 fully saturated rings. The third kappa shape index (κ3) is 3.74. The molecule has 2 aromatic heterocycles. The Hall–Kier alpha value is -3.41. The van der Waals surface area contributed by atoms with Crippen LogP contribution >= 0.6 is 0 Å². The fraction of sp³-hybridized carbons (Fsp3) is 0.320. The summed E-state index contributed by atoms with van der Waals surface area (Å²) in [6, 6.07) is 13.6. The summed E-state index contributed by atoms with van der Waals surface area (Å²) in [6.45, 7) is 4.20. The maximum atomic E-state index is 12.8.